The SMILES string of the molecule is Cc1ccc(Cl)cc1[C@@H](N)CO. The fourth-order valence-electron chi connectivity index (χ4n) is 1.11. The molecule has 0 radical (unpaired) electrons. The maximum Gasteiger partial charge on any atom is 0.0624 e. The highest BCUT2D eigenvalue weighted by atomic mass is 35.5. The minimum Gasteiger partial charge on any atom is -0.394 e. The molecule has 66 valence electrons. The number of aryl methyl sites for hydroxylation is 1. The van der Waals surface area contributed by atoms with Crippen LogP contribution in [0.25, 0.3) is 0 Å². The van der Waals surface area contributed by atoms with Gasteiger partial charge in [0.2, 0.25) is 0 Å². The zero-order chi connectivity index (χ0) is 9.14. The average molecular weight is 186 g/mol. The number of aliphatic hydroxyl groups excluding tert-OH is 1. The summed E-state index contributed by atoms with van der Waals surface area (Å²) in [6.45, 7) is 1.89. The molecule has 0 amide bonds. The Kier molecular flexibility index (Phi) is 3.09. The average Bonchev–Trinajstić information content (AvgIpc) is 2.08. The van der Waals surface area contributed by atoms with Crippen molar-refractivity contribution in [1.29, 1.82) is 0 Å². The van der Waals surface area contributed by atoms with Crippen molar-refractivity contribution < 1.29 is 5.11 Å². The van der Waals surface area contributed by atoms with Gasteiger partial charge in [-0.2, -0.15) is 0 Å². The zero-order valence-electron chi connectivity index (χ0n) is 6.92. The van der Waals surface area contributed by atoms with Gasteiger partial charge < -0.3 is 10.8 Å². The maximum absolute atomic E-state index is 8.84. The van der Waals surface area contributed by atoms with Gasteiger partial charge in [-0.15, -0.1) is 0 Å². The topological polar surface area (TPSA) is 46.2 Å². The molecule has 0 saturated carbocycles. The monoisotopic (exact) mass is 185 g/mol. The maximum atomic E-state index is 8.84. The Hall–Kier alpha value is -0.570. The van der Waals surface area contributed by atoms with E-state index in [0.717, 1.165) is 11.1 Å². The molecule has 3 N–H and O–H groups in total. The molecule has 3 heteroatoms. The van der Waals surface area contributed by atoms with Crippen LogP contribution in [0.2, 0.25) is 5.02 Å². The van der Waals surface area contributed by atoms with Crippen molar-refractivity contribution in [3.05, 3.63) is 34.3 Å². The van der Waals surface area contributed by atoms with Crippen molar-refractivity contribution in [3.63, 3.8) is 0 Å². The fraction of sp³-hybridized carbons (Fsp3) is 0.333. The molecule has 0 aromatic heterocycles. The molecule has 0 unspecified atom stereocenters. The van der Waals surface area contributed by atoms with E-state index in [-0.39, 0.29) is 12.6 Å². The van der Waals surface area contributed by atoms with Gasteiger partial charge in [0.1, 0.15) is 0 Å². The summed E-state index contributed by atoms with van der Waals surface area (Å²) in [6, 6.07) is 5.17. The van der Waals surface area contributed by atoms with Crippen LogP contribution in [0.5, 0.6) is 0 Å². The molecular formula is C9H12ClNO. The van der Waals surface area contributed by atoms with Crippen molar-refractivity contribution in [3.8, 4) is 0 Å². The number of rotatable bonds is 2. The molecular weight excluding hydrogens is 174 g/mol. The van der Waals surface area contributed by atoms with E-state index in [1.165, 1.54) is 0 Å². The second-order valence-electron chi connectivity index (χ2n) is 2.79. The quantitative estimate of drug-likeness (QED) is 0.736. The summed E-state index contributed by atoms with van der Waals surface area (Å²) in [6.07, 6.45) is 0. The highest BCUT2D eigenvalue weighted by Crippen LogP contribution is 2.19. The molecule has 0 fully saturated rings. The Morgan fingerprint density at radius 1 is 1.58 bits per heavy atom. The first-order valence-corrected chi connectivity index (χ1v) is 4.15. The van der Waals surface area contributed by atoms with Gasteiger partial charge in [-0.1, -0.05) is 17.7 Å². The van der Waals surface area contributed by atoms with Gasteiger partial charge in [-0.25, -0.2) is 0 Å². The van der Waals surface area contributed by atoms with Gasteiger partial charge >= 0.3 is 0 Å². The normalized spacial score (nSPS) is 13.0. The third-order valence-corrected chi connectivity index (χ3v) is 2.07. The number of hydrogen-bond donors (Lipinski definition) is 2. The largest absolute Gasteiger partial charge is 0.394 e. The second-order valence-corrected chi connectivity index (χ2v) is 3.23. The van der Waals surface area contributed by atoms with Crippen molar-refractivity contribution in [2.45, 2.75) is 13.0 Å². The first-order valence-electron chi connectivity index (χ1n) is 3.77. The number of nitrogens with two attached hydrogens (primary N) is 1. The number of hydrogen-bond acceptors (Lipinski definition) is 2. The summed E-state index contributed by atoms with van der Waals surface area (Å²) in [4.78, 5) is 0. The molecule has 0 heterocycles. The van der Waals surface area contributed by atoms with Crippen molar-refractivity contribution in [1.82, 2.24) is 0 Å². The fourth-order valence-corrected chi connectivity index (χ4v) is 1.29. The van der Waals surface area contributed by atoms with Crippen molar-refractivity contribution in [2.24, 2.45) is 5.73 Å². The molecule has 1 aromatic carbocycles. The van der Waals surface area contributed by atoms with Crippen molar-refractivity contribution in [2.75, 3.05) is 6.61 Å². The van der Waals surface area contributed by atoms with Gasteiger partial charge in [-0.3, -0.25) is 0 Å². The van der Waals surface area contributed by atoms with Crippen LogP contribution in [-0.4, -0.2) is 11.7 Å². The molecule has 1 atom stereocenters. The Morgan fingerprint density at radius 2 is 2.25 bits per heavy atom. The van der Waals surface area contributed by atoms with E-state index in [4.69, 9.17) is 22.4 Å². The minimum absolute atomic E-state index is 0.0544. The van der Waals surface area contributed by atoms with Gasteiger partial charge in [0, 0.05) is 5.02 Å². The van der Waals surface area contributed by atoms with Crippen LogP contribution < -0.4 is 5.73 Å². The van der Waals surface area contributed by atoms with E-state index in [9.17, 15) is 0 Å². The van der Waals surface area contributed by atoms with E-state index in [1.807, 2.05) is 19.1 Å². The van der Waals surface area contributed by atoms with Crippen LogP contribution in [-0.2, 0) is 0 Å². The van der Waals surface area contributed by atoms with Gasteiger partial charge in [0.05, 0.1) is 12.6 Å². The lowest BCUT2D eigenvalue weighted by Gasteiger charge is -2.11. The van der Waals surface area contributed by atoms with E-state index in [0.29, 0.717) is 5.02 Å². The highest BCUT2D eigenvalue weighted by Gasteiger charge is 2.07. The van der Waals surface area contributed by atoms with E-state index in [1.54, 1.807) is 6.07 Å². The minimum atomic E-state index is -0.330. The van der Waals surface area contributed by atoms with Crippen LogP contribution in [0.3, 0.4) is 0 Å². The first-order chi connectivity index (χ1) is 5.65. The standard InChI is InChI=1S/C9H12ClNO/c1-6-2-3-7(10)4-8(6)9(11)5-12/h2-4,9,12H,5,11H2,1H3/t9-/m0/s1. The molecule has 0 aliphatic carbocycles. The summed E-state index contributed by atoms with van der Waals surface area (Å²) in [5.74, 6) is 0. The Bertz CT molecular complexity index is 275. The Labute approximate surface area is 77.0 Å². The van der Waals surface area contributed by atoms with Crippen LogP contribution in [0, 0.1) is 6.92 Å². The molecule has 12 heavy (non-hydrogen) atoms. The summed E-state index contributed by atoms with van der Waals surface area (Å²) >= 11 is 5.78. The van der Waals surface area contributed by atoms with Crippen molar-refractivity contribution >= 4 is 11.6 Å². The summed E-state index contributed by atoms with van der Waals surface area (Å²) in [5.41, 5.74) is 7.62. The molecule has 0 aliphatic heterocycles. The van der Waals surface area contributed by atoms with Gasteiger partial charge in [0.25, 0.3) is 0 Å². The second kappa shape index (κ2) is 3.90. The van der Waals surface area contributed by atoms with E-state index in [2.05, 4.69) is 0 Å². The van der Waals surface area contributed by atoms with Crippen LogP contribution in [0.4, 0.5) is 0 Å². The molecule has 0 bridgehead atoms. The summed E-state index contributed by atoms with van der Waals surface area (Å²) < 4.78 is 0. The van der Waals surface area contributed by atoms with Crippen LogP contribution in [0.15, 0.2) is 18.2 Å². The lowest BCUT2D eigenvalue weighted by molar-refractivity contribution is 0.267. The molecule has 1 rings (SSSR count). The van der Waals surface area contributed by atoms with E-state index >= 15 is 0 Å². The molecule has 0 aliphatic rings. The molecule has 2 nitrogen and oxygen atoms in total. The zero-order valence-corrected chi connectivity index (χ0v) is 7.67. The number of aliphatic hydroxyl groups is 1. The third kappa shape index (κ3) is 1.97. The predicted octanol–water partition coefficient (Wildman–Crippen LogP) is 1.64. The molecule has 1 aromatic rings. The molecule has 0 saturated heterocycles. The van der Waals surface area contributed by atoms with Crippen LogP contribution in [0.1, 0.15) is 17.2 Å². The van der Waals surface area contributed by atoms with Gasteiger partial charge in [-0.05, 0) is 30.2 Å². The third-order valence-electron chi connectivity index (χ3n) is 1.84. The smallest absolute Gasteiger partial charge is 0.0624 e. The Balaban J connectivity index is 3.04. The molecule has 0 spiro atoms. The van der Waals surface area contributed by atoms with Gasteiger partial charge in [0.15, 0.2) is 0 Å². The first kappa shape index (κ1) is 9.52. The summed E-state index contributed by atoms with van der Waals surface area (Å²) in [7, 11) is 0. The number of benzene rings is 1. The lowest BCUT2D eigenvalue weighted by Crippen LogP contribution is -2.15. The lowest BCUT2D eigenvalue weighted by atomic mass is 10.0. The summed E-state index contributed by atoms with van der Waals surface area (Å²) in [5, 5.41) is 9.49. The predicted molar refractivity (Wildman–Crippen MR) is 50.2 cm³/mol. The van der Waals surface area contributed by atoms with E-state index < -0.39 is 0 Å². The highest BCUT2D eigenvalue weighted by molar-refractivity contribution is 6.30. The number of halogens is 1. The Morgan fingerprint density at radius 3 is 2.83 bits per heavy atom. The van der Waals surface area contributed by atoms with Crippen LogP contribution >= 0.6 is 11.6 Å².